The minimum atomic E-state index is -1.12. The first kappa shape index (κ1) is 15.7. The molecule has 6 nitrogen and oxygen atoms in total. The number of aromatic carboxylic acids is 1. The lowest BCUT2D eigenvalue weighted by Gasteiger charge is -2.09. The van der Waals surface area contributed by atoms with Crippen molar-refractivity contribution < 1.29 is 24.2 Å². The molecular formula is C14H17NO5. The number of benzene rings is 1. The highest BCUT2D eigenvalue weighted by atomic mass is 16.5. The van der Waals surface area contributed by atoms with Gasteiger partial charge in [0.2, 0.25) is 5.91 Å². The zero-order valence-corrected chi connectivity index (χ0v) is 11.4. The van der Waals surface area contributed by atoms with Crippen molar-refractivity contribution in [1.82, 2.24) is 0 Å². The van der Waals surface area contributed by atoms with E-state index in [1.165, 1.54) is 12.1 Å². The summed E-state index contributed by atoms with van der Waals surface area (Å²) < 4.78 is 4.71. The van der Waals surface area contributed by atoms with Gasteiger partial charge in [0, 0.05) is 6.42 Å². The Labute approximate surface area is 116 Å². The molecule has 0 saturated carbocycles. The van der Waals surface area contributed by atoms with Crippen LogP contribution in [-0.4, -0.2) is 29.6 Å². The number of carbonyl (C=O) groups excluding carboxylic acids is 2. The summed E-state index contributed by atoms with van der Waals surface area (Å²) in [6.07, 6.45) is -0.0836. The third-order valence-corrected chi connectivity index (χ3v) is 2.54. The maximum atomic E-state index is 11.7. The maximum Gasteiger partial charge on any atom is 0.337 e. The minimum absolute atomic E-state index is 0.0227. The van der Waals surface area contributed by atoms with Gasteiger partial charge in [-0.05, 0) is 26.0 Å². The van der Waals surface area contributed by atoms with Gasteiger partial charge in [-0.2, -0.15) is 0 Å². The maximum absolute atomic E-state index is 11.7. The summed E-state index contributed by atoms with van der Waals surface area (Å²) in [5.74, 6) is -2.00. The molecule has 1 rings (SSSR count). The number of rotatable bonds is 6. The predicted octanol–water partition coefficient (Wildman–Crippen LogP) is 1.98. The van der Waals surface area contributed by atoms with E-state index in [0.717, 1.165) is 5.56 Å². The second-order valence-corrected chi connectivity index (χ2v) is 4.21. The molecule has 0 aliphatic rings. The quantitative estimate of drug-likeness (QED) is 0.777. The number of ether oxygens (including phenoxy) is 1. The van der Waals surface area contributed by atoms with Crippen molar-refractivity contribution in [3.8, 4) is 0 Å². The lowest BCUT2D eigenvalue weighted by molar-refractivity contribution is -0.144. The molecule has 2 N–H and O–H groups in total. The molecule has 0 unspecified atom stereocenters. The summed E-state index contributed by atoms with van der Waals surface area (Å²) >= 11 is 0. The second kappa shape index (κ2) is 7.28. The van der Waals surface area contributed by atoms with Gasteiger partial charge in [-0.25, -0.2) is 4.79 Å². The summed E-state index contributed by atoms with van der Waals surface area (Å²) in [5, 5.41) is 11.6. The first-order valence-electron chi connectivity index (χ1n) is 6.23. The molecule has 1 aromatic rings. The Morgan fingerprint density at radius 3 is 2.55 bits per heavy atom. The van der Waals surface area contributed by atoms with Crippen LogP contribution >= 0.6 is 0 Å². The zero-order valence-electron chi connectivity index (χ0n) is 11.4. The smallest absolute Gasteiger partial charge is 0.337 e. The van der Waals surface area contributed by atoms with Crippen LogP contribution in [0.1, 0.15) is 35.7 Å². The van der Waals surface area contributed by atoms with Crippen LogP contribution in [0.5, 0.6) is 0 Å². The number of esters is 1. The van der Waals surface area contributed by atoms with Gasteiger partial charge in [0.1, 0.15) is 0 Å². The summed E-state index contributed by atoms with van der Waals surface area (Å²) in [6.45, 7) is 3.71. The average Bonchev–Trinajstić information content (AvgIpc) is 2.38. The van der Waals surface area contributed by atoms with Crippen LogP contribution in [0.4, 0.5) is 5.69 Å². The number of hydrogen-bond donors (Lipinski definition) is 2. The normalized spacial score (nSPS) is 9.90. The van der Waals surface area contributed by atoms with Crippen LogP contribution in [0.2, 0.25) is 0 Å². The van der Waals surface area contributed by atoms with Crippen molar-refractivity contribution in [1.29, 1.82) is 0 Å². The van der Waals surface area contributed by atoms with E-state index in [4.69, 9.17) is 9.84 Å². The number of nitrogens with one attached hydrogen (secondary N) is 1. The topological polar surface area (TPSA) is 92.7 Å². The molecule has 0 atom stereocenters. The lowest BCUT2D eigenvalue weighted by Crippen LogP contribution is -2.16. The Morgan fingerprint density at radius 1 is 1.25 bits per heavy atom. The fourth-order valence-corrected chi connectivity index (χ4v) is 1.61. The SMILES string of the molecule is CCOC(=O)CCC(=O)Nc1ccc(C)cc1C(=O)O. The molecule has 6 heteroatoms. The van der Waals surface area contributed by atoms with Gasteiger partial charge < -0.3 is 15.2 Å². The van der Waals surface area contributed by atoms with Crippen LogP contribution in [0, 0.1) is 6.92 Å². The Hall–Kier alpha value is -2.37. The van der Waals surface area contributed by atoms with E-state index in [2.05, 4.69) is 5.32 Å². The Kier molecular flexibility index (Phi) is 5.71. The van der Waals surface area contributed by atoms with Crippen molar-refractivity contribution in [3.05, 3.63) is 29.3 Å². The molecule has 20 heavy (non-hydrogen) atoms. The molecule has 0 spiro atoms. The van der Waals surface area contributed by atoms with Crippen molar-refractivity contribution in [2.24, 2.45) is 0 Å². The number of aryl methyl sites for hydroxylation is 1. The minimum Gasteiger partial charge on any atom is -0.478 e. The molecule has 108 valence electrons. The Morgan fingerprint density at radius 2 is 1.95 bits per heavy atom. The largest absolute Gasteiger partial charge is 0.478 e. The second-order valence-electron chi connectivity index (χ2n) is 4.21. The molecule has 0 saturated heterocycles. The van der Waals surface area contributed by atoms with E-state index in [-0.39, 0.29) is 30.7 Å². The molecular weight excluding hydrogens is 262 g/mol. The van der Waals surface area contributed by atoms with E-state index in [0.29, 0.717) is 0 Å². The molecule has 1 aromatic carbocycles. The fraction of sp³-hybridized carbons (Fsp3) is 0.357. The number of anilines is 1. The Bertz CT molecular complexity index is 524. The van der Waals surface area contributed by atoms with Crippen molar-refractivity contribution in [2.75, 3.05) is 11.9 Å². The van der Waals surface area contributed by atoms with E-state index < -0.39 is 17.8 Å². The van der Waals surface area contributed by atoms with Crippen molar-refractivity contribution in [2.45, 2.75) is 26.7 Å². The highest BCUT2D eigenvalue weighted by Gasteiger charge is 2.13. The molecule has 1 amide bonds. The standard InChI is InChI=1S/C14H17NO5/c1-3-20-13(17)7-6-12(16)15-11-5-4-9(2)8-10(11)14(18)19/h4-5,8H,3,6-7H2,1-2H3,(H,15,16)(H,18,19). The summed E-state index contributed by atoms with van der Waals surface area (Å²) in [7, 11) is 0. The van der Waals surface area contributed by atoms with E-state index >= 15 is 0 Å². The average molecular weight is 279 g/mol. The zero-order chi connectivity index (χ0) is 15.1. The highest BCUT2D eigenvalue weighted by Crippen LogP contribution is 2.17. The van der Waals surface area contributed by atoms with Crippen LogP contribution in [0.25, 0.3) is 0 Å². The molecule has 0 aliphatic carbocycles. The summed E-state index contributed by atoms with van der Waals surface area (Å²) in [5.41, 5.74) is 1.03. The molecule has 0 fully saturated rings. The van der Waals surface area contributed by atoms with Gasteiger partial charge in [-0.15, -0.1) is 0 Å². The van der Waals surface area contributed by atoms with E-state index in [1.807, 2.05) is 0 Å². The summed E-state index contributed by atoms with van der Waals surface area (Å²) in [6, 6.07) is 4.71. The third kappa shape index (κ3) is 4.72. The van der Waals surface area contributed by atoms with Gasteiger partial charge in [-0.1, -0.05) is 11.6 Å². The predicted molar refractivity (Wildman–Crippen MR) is 72.6 cm³/mol. The molecule has 0 aromatic heterocycles. The Balaban J connectivity index is 2.66. The van der Waals surface area contributed by atoms with Gasteiger partial charge in [0.15, 0.2) is 0 Å². The van der Waals surface area contributed by atoms with Crippen LogP contribution in [0.3, 0.4) is 0 Å². The number of carbonyl (C=O) groups is 3. The van der Waals surface area contributed by atoms with E-state index in [9.17, 15) is 14.4 Å². The summed E-state index contributed by atoms with van der Waals surface area (Å²) in [4.78, 5) is 33.9. The van der Waals surface area contributed by atoms with Crippen LogP contribution in [0.15, 0.2) is 18.2 Å². The highest BCUT2D eigenvalue weighted by molar-refractivity contribution is 6.01. The van der Waals surface area contributed by atoms with Gasteiger partial charge in [0.25, 0.3) is 0 Å². The monoisotopic (exact) mass is 279 g/mol. The van der Waals surface area contributed by atoms with Crippen molar-refractivity contribution >= 4 is 23.5 Å². The van der Waals surface area contributed by atoms with Crippen molar-refractivity contribution in [3.63, 3.8) is 0 Å². The number of carboxylic acids is 1. The first-order chi connectivity index (χ1) is 9.43. The van der Waals surface area contributed by atoms with Gasteiger partial charge in [-0.3, -0.25) is 9.59 Å². The van der Waals surface area contributed by atoms with Gasteiger partial charge in [0.05, 0.1) is 24.3 Å². The van der Waals surface area contributed by atoms with E-state index in [1.54, 1.807) is 19.9 Å². The lowest BCUT2D eigenvalue weighted by atomic mass is 10.1. The van der Waals surface area contributed by atoms with Crippen LogP contribution in [-0.2, 0) is 14.3 Å². The number of amides is 1. The number of hydrogen-bond acceptors (Lipinski definition) is 4. The molecule has 0 radical (unpaired) electrons. The molecule has 0 heterocycles. The first-order valence-corrected chi connectivity index (χ1v) is 6.23. The third-order valence-electron chi connectivity index (χ3n) is 2.54. The fourth-order valence-electron chi connectivity index (χ4n) is 1.61. The van der Waals surface area contributed by atoms with Gasteiger partial charge >= 0.3 is 11.9 Å². The number of carboxylic acid groups (broad SMARTS) is 1. The molecule has 0 aliphatic heterocycles. The molecule has 0 bridgehead atoms. The van der Waals surface area contributed by atoms with Crippen LogP contribution < -0.4 is 5.32 Å².